The summed E-state index contributed by atoms with van der Waals surface area (Å²) in [6.45, 7) is 7.44. The molecule has 18 heavy (non-hydrogen) atoms. The van der Waals surface area contributed by atoms with Crippen LogP contribution in [0.15, 0.2) is 12.4 Å². The van der Waals surface area contributed by atoms with Gasteiger partial charge in [-0.15, -0.1) is 0 Å². The van der Waals surface area contributed by atoms with Gasteiger partial charge in [0.05, 0.1) is 24.5 Å². The molecule has 1 aromatic heterocycles. The van der Waals surface area contributed by atoms with Gasteiger partial charge < -0.3 is 15.4 Å². The van der Waals surface area contributed by atoms with Crippen molar-refractivity contribution in [2.75, 3.05) is 19.0 Å². The molecule has 1 atom stereocenters. The van der Waals surface area contributed by atoms with E-state index in [4.69, 9.17) is 4.74 Å². The minimum atomic E-state index is -0.247. The predicted molar refractivity (Wildman–Crippen MR) is 70.6 cm³/mol. The zero-order valence-corrected chi connectivity index (χ0v) is 11.4. The van der Waals surface area contributed by atoms with Crippen molar-refractivity contribution in [1.82, 2.24) is 15.1 Å². The highest BCUT2D eigenvalue weighted by Crippen LogP contribution is 2.06. The molecule has 0 radical (unpaired) electrons. The molecule has 2 N–H and O–H groups in total. The van der Waals surface area contributed by atoms with Crippen molar-refractivity contribution < 1.29 is 9.53 Å². The van der Waals surface area contributed by atoms with Crippen LogP contribution in [0.2, 0.25) is 0 Å². The number of methoxy groups -OCH3 is 1. The first-order valence-electron chi connectivity index (χ1n) is 6.10. The van der Waals surface area contributed by atoms with Crippen molar-refractivity contribution in [2.45, 2.75) is 33.4 Å². The molecule has 2 amide bonds. The molecule has 102 valence electrons. The summed E-state index contributed by atoms with van der Waals surface area (Å²) in [6, 6.07) is -0.274. The van der Waals surface area contributed by atoms with E-state index in [2.05, 4.69) is 29.6 Å². The number of carbonyl (C=O) groups is 1. The van der Waals surface area contributed by atoms with Crippen LogP contribution >= 0.6 is 0 Å². The maximum Gasteiger partial charge on any atom is 0.319 e. The molecule has 0 bridgehead atoms. The SMILES string of the molecule is COC[C@H](C)NC(=O)Nc1cnn(CC(C)C)c1. The third kappa shape index (κ3) is 5.18. The lowest BCUT2D eigenvalue weighted by molar-refractivity contribution is 0.173. The smallest absolute Gasteiger partial charge is 0.319 e. The number of hydrogen-bond acceptors (Lipinski definition) is 3. The Labute approximate surface area is 108 Å². The lowest BCUT2D eigenvalue weighted by atomic mass is 10.2. The molecular weight excluding hydrogens is 232 g/mol. The van der Waals surface area contributed by atoms with Gasteiger partial charge in [-0.25, -0.2) is 4.79 Å². The second kappa shape index (κ2) is 7.00. The van der Waals surface area contributed by atoms with Gasteiger partial charge in [-0.1, -0.05) is 13.8 Å². The Morgan fingerprint density at radius 2 is 2.22 bits per heavy atom. The maximum atomic E-state index is 11.6. The number of urea groups is 1. The normalized spacial score (nSPS) is 12.5. The van der Waals surface area contributed by atoms with Crippen molar-refractivity contribution in [3.8, 4) is 0 Å². The maximum absolute atomic E-state index is 11.6. The number of carbonyl (C=O) groups excluding carboxylic acids is 1. The molecule has 0 saturated carbocycles. The minimum Gasteiger partial charge on any atom is -0.383 e. The Kier molecular flexibility index (Phi) is 5.64. The van der Waals surface area contributed by atoms with Gasteiger partial charge in [0.15, 0.2) is 0 Å². The van der Waals surface area contributed by atoms with Crippen LogP contribution in [0, 0.1) is 5.92 Å². The zero-order valence-electron chi connectivity index (χ0n) is 11.4. The van der Waals surface area contributed by atoms with E-state index in [0.717, 1.165) is 6.54 Å². The van der Waals surface area contributed by atoms with Crippen LogP contribution in [0.25, 0.3) is 0 Å². The molecule has 0 aliphatic rings. The fraction of sp³-hybridized carbons (Fsp3) is 0.667. The fourth-order valence-corrected chi connectivity index (χ4v) is 1.58. The zero-order chi connectivity index (χ0) is 13.5. The van der Waals surface area contributed by atoms with Gasteiger partial charge in [0.2, 0.25) is 0 Å². The third-order valence-electron chi connectivity index (χ3n) is 2.24. The molecule has 0 aliphatic carbocycles. The van der Waals surface area contributed by atoms with Crippen molar-refractivity contribution in [3.63, 3.8) is 0 Å². The summed E-state index contributed by atoms with van der Waals surface area (Å²) in [6.07, 6.45) is 3.46. The van der Waals surface area contributed by atoms with Crippen LogP contribution in [0.1, 0.15) is 20.8 Å². The molecule has 0 fully saturated rings. The molecule has 1 rings (SSSR count). The average molecular weight is 254 g/mol. The van der Waals surface area contributed by atoms with E-state index in [1.807, 2.05) is 17.8 Å². The van der Waals surface area contributed by atoms with Crippen molar-refractivity contribution in [1.29, 1.82) is 0 Å². The third-order valence-corrected chi connectivity index (χ3v) is 2.24. The fourth-order valence-electron chi connectivity index (χ4n) is 1.58. The summed E-state index contributed by atoms with van der Waals surface area (Å²) in [5.74, 6) is 0.522. The first-order valence-corrected chi connectivity index (χ1v) is 6.10. The summed E-state index contributed by atoms with van der Waals surface area (Å²) in [4.78, 5) is 11.6. The quantitative estimate of drug-likeness (QED) is 0.811. The summed E-state index contributed by atoms with van der Waals surface area (Å²) >= 11 is 0. The molecule has 6 nitrogen and oxygen atoms in total. The number of rotatable bonds is 6. The van der Waals surface area contributed by atoms with Crippen LogP contribution in [0.5, 0.6) is 0 Å². The molecule has 0 unspecified atom stereocenters. The van der Waals surface area contributed by atoms with Crippen LogP contribution in [0.3, 0.4) is 0 Å². The molecule has 1 heterocycles. The summed E-state index contributed by atoms with van der Waals surface area (Å²) in [5, 5.41) is 9.68. The Morgan fingerprint density at radius 3 is 2.83 bits per heavy atom. The summed E-state index contributed by atoms with van der Waals surface area (Å²) in [5.41, 5.74) is 0.692. The monoisotopic (exact) mass is 254 g/mol. The molecule has 0 aliphatic heterocycles. The lowest BCUT2D eigenvalue weighted by Gasteiger charge is -2.12. The second-order valence-corrected chi connectivity index (χ2v) is 4.80. The van der Waals surface area contributed by atoms with E-state index in [1.54, 1.807) is 13.3 Å². The number of nitrogens with one attached hydrogen (secondary N) is 2. The molecule has 0 aromatic carbocycles. The standard InChI is InChI=1S/C12H22N4O2/c1-9(2)6-16-7-11(5-13-16)15-12(17)14-10(3)8-18-4/h5,7,9-10H,6,8H2,1-4H3,(H2,14,15,17)/t10-/m0/s1. The van der Waals surface area contributed by atoms with Crippen LogP contribution in [-0.2, 0) is 11.3 Å². The number of hydrogen-bond donors (Lipinski definition) is 2. The van der Waals surface area contributed by atoms with Gasteiger partial charge in [0, 0.05) is 19.9 Å². The average Bonchev–Trinajstić information content (AvgIpc) is 2.64. The second-order valence-electron chi connectivity index (χ2n) is 4.80. The number of ether oxygens (including phenoxy) is 1. The Balaban J connectivity index is 2.42. The number of nitrogens with zero attached hydrogens (tertiary/aromatic N) is 2. The van der Waals surface area contributed by atoms with Gasteiger partial charge >= 0.3 is 6.03 Å². The van der Waals surface area contributed by atoms with Crippen molar-refractivity contribution >= 4 is 11.7 Å². The molecular formula is C12H22N4O2. The highest BCUT2D eigenvalue weighted by Gasteiger charge is 2.08. The Hall–Kier alpha value is -1.56. The lowest BCUT2D eigenvalue weighted by Crippen LogP contribution is -2.38. The van der Waals surface area contributed by atoms with Crippen LogP contribution in [-0.4, -0.2) is 35.6 Å². The Morgan fingerprint density at radius 1 is 1.50 bits per heavy atom. The summed E-state index contributed by atoms with van der Waals surface area (Å²) in [7, 11) is 1.60. The highest BCUT2D eigenvalue weighted by molar-refractivity contribution is 5.89. The van der Waals surface area contributed by atoms with Gasteiger partial charge in [0.25, 0.3) is 0 Å². The van der Waals surface area contributed by atoms with E-state index < -0.39 is 0 Å². The van der Waals surface area contributed by atoms with E-state index in [0.29, 0.717) is 18.2 Å². The van der Waals surface area contributed by atoms with E-state index >= 15 is 0 Å². The predicted octanol–water partition coefficient (Wildman–Crippen LogP) is 1.70. The Bertz CT molecular complexity index is 376. The minimum absolute atomic E-state index is 0.0271. The van der Waals surface area contributed by atoms with Crippen molar-refractivity contribution in [2.24, 2.45) is 5.92 Å². The van der Waals surface area contributed by atoms with E-state index in [9.17, 15) is 4.79 Å². The van der Waals surface area contributed by atoms with Gasteiger partial charge in [-0.2, -0.15) is 5.10 Å². The van der Waals surface area contributed by atoms with E-state index in [1.165, 1.54) is 0 Å². The van der Waals surface area contributed by atoms with Gasteiger partial charge in [-0.05, 0) is 12.8 Å². The molecule has 0 spiro atoms. The van der Waals surface area contributed by atoms with E-state index in [-0.39, 0.29) is 12.1 Å². The van der Waals surface area contributed by atoms with Crippen LogP contribution in [0.4, 0.5) is 10.5 Å². The number of aromatic nitrogens is 2. The first-order chi connectivity index (χ1) is 8.51. The van der Waals surface area contributed by atoms with Crippen molar-refractivity contribution in [3.05, 3.63) is 12.4 Å². The molecule has 0 saturated heterocycles. The topological polar surface area (TPSA) is 68.2 Å². The first kappa shape index (κ1) is 14.5. The number of amides is 2. The van der Waals surface area contributed by atoms with Crippen LogP contribution < -0.4 is 10.6 Å². The summed E-state index contributed by atoms with van der Waals surface area (Å²) < 4.78 is 6.76. The highest BCUT2D eigenvalue weighted by atomic mass is 16.5. The van der Waals surface area contributed by atoms with Gasteiger partial charge in [0.1, 0.15) is 0 Å². The molecule has 1 aromatic rings. The molecule has 6 heteroatoms. The van der Waals surface area contributed by atoms with Gasteiger partial charge in [-0.3, -0.25) is 4.68 Å². The largest absolute Gasteiger partial charge is 0.383 e. The number of anilines is 1.